The lowest BCUT2D eigenvalue weighted by molar-refractivity contribution is -0.148. The maximum absolute atomic E-state index is 12.3. The van der Waals surface area contributed by atoms with Crippen molar-refractivity contribution in [3.63, 3.8) is 0 Å². The molecule has 0 aliphatic rings. The van der Waals surface area contributed by atoms with E-state index in [0.717, 1.165) is 19.3 Å². The average molecular weight is 472 g/mol. The molecule has 0 rings (SSSR count). The summed E-state index contributed by atoms with van der Waals surface area (Å²) in [5.41, 5.74) is 10.8. The maximum Gasteiger partial charge on any atom is 0.328 e. The normalized spacial score (nSPS) is 12.7. The molecule has 1 unspecified atom stereocenters. The van der Waals surface area contributed by atoms with Crippen LogP contribution in [0.3, 0.4) is 0 Å². The molecule has 1 amide bonds. The molecule has 9 heteroatoms. The Morgan fingerprint density at radius 3 is 1.94 bits per heavy atom. The van der Waals surface area contributed by atoms with Gasteiger partial charge < -0.3 is 31.9 Å². The Labute approximate surface area is 200 Å². The van der Waals surface area contributed by atoms with Crippen LogP contribution < -0.4 is 22.1 Å². The van der Waals surface area contributed by atoms with Gasteiger partial charge >= 0.3 is 5.97 Å². The predicted molar refractivity (Wildman–Crippen MR) is 133 cm³/mol. The Morgan fingerprint density at radius 1 is 0.939 bits per heavy atom. The molecule has 0 radical (unpaired) electrons. The van der Waals surface area contributed by atoms with E-state index in [4.69, 9.17) is 26.7 Å². The van der Waals surface area contributed by atoms with Crippen molar-refractivity contribution in [1.29, 1.82) is 5.41 Å². The lowest BCUT2D eigenvalue weighted by Crippen LogP contribution is -2.45. The summed E-state index contributed by atoms with van der Waals surface area (Å²) in [6.45, 7) is 2.07. The molecule has 0 heterocycles. The second-order valence-corrected chi connectivity index (χ2v) is 8.81. The number of amides is 1. The fourth-order valence-corrected chi connectivity index (χ4v) is 3.51. The van der Waals surface area contributed by atoms with Crippen LogP contribution in [0.25, 0.3) is 0 Å². The van der Waals surface area contributed by atoms with E-state index in [1.807, 2.05) is 0 Å². The molecule has 0 aromatic carbocycles. The van der Waals surface area contributed by atoms with E-state index in [1.54, 1.807) is 0 Å². The van der Waals surface area contributed by atoms with Gasteiger partial charge in [-0.3, -0.25) is 10.2 Å². The number of esters is 1. The van der Waals surface area contributed by atoms with Crippen LogP contribution >= 0.6 is 0 Å². The van der Waals surface area contributed by atoms with Crippen molar-refractivity contribution in [1.82, 2.24) is 10.6 Å². The highest BCUT2D eigenvalue weighted by Crippen LogP contribution is 2.13. The number of guanidine groups is 1. The number of hydrogen-bond acceptors (Lipinski definition) is 6. The number of carbonyl (C=O) groups excluding carboxylic acids is 2. The van der Waals surface area contributed by atoms with Gasteiger partial charge in [0.2, 0.25) is 5.91 Å². The van der Waals surface area contributed by atoms with Crippen LogP contribution in [0, 0.1) is 5.41 Å². The minimum absolute atomic E-state index is 0.124. The van der Waals surface area contributed by atoms with Crippen LogP contribution in [0.5, 0.6) is 0 Å². The number of carbonyl (C=O) groups is 2. The first-order valence-corrected chi connectivity index (χ1v) is 12.8. The molecular formula is C24H49N5O4. The van der Waals surface area contributed by atoms with Crippen LogP contribution in [0.15, 0.2) is 0 Å². The van der Waals surface area contributed by atoms with Gasteiger partial charge in [-0.1, -0.05) is 84.0 Å². The van der Waals surface area contributed by atoms with Gasteiger partial charge in [0.25, 0.3) is 0 Å². The second kappa shape index (κ2) is 21.9. The molecule has 0 aromatic rings. The van der Waals surface area contributed by atoms with Crippen molar-refractivity contribution in [2.75, 3.05) is 19.8 Å². The number of hydrogen-bond donors (Lipinski definition) is 6. The van der Waals surface area contributed by atoms with Crippen LogP contribution in [-0.2, 0) is 14.3 Å². The number of ether oxygens (including phenoxy) is 1. The lowest BCUT2D eigenvalue weighted by Gasteiger charge is -2.19. The fraction of sp³-hybridized carbons (Fsp3) is 0.875. The Hall–Kier alpha value is -1.87. The molecule has 0 aliphatic carbocycles. The van der Waals surface area contributed by atoms with Crippen LogP contribution in [0.4, 0.5) is 0 Å². The zero-order chi connectivity index (χ0) is 24.7. The predicted octanol–water partition coefficient (Wildman–Crippen LogP) is 2.69. The summed E-state index contributed by atoms with van der Waals surface area (Å²) < 4.78 is 5.09. The molecule has 2 atom stereocenters. The van der Waals surface area contributed by atoms with Gasteiger partial charge in [0.05, 0.1) is 12.6 Å². The quantitative estimate of drug-likeness (QED) is 0.0611. The number of nitrogens with one attached hydrogen (secondary N) is 3. The van der Waals surface area contributed by atoms with Crippen molar-refractivity contribution >= 4 is 17.8 Å². The Bertz CT molecular complexity index is 519. The zero-order valence-electron chi connectivity index (χ0n) is 20.7. The molecule has 0 spiro atoms. The van der Waals surface area contributed by atoms with Crippen LogP contribution in [0.2, 0.25) is 0 Å². The van der Waals surface area contributed by atoms with Gasteiger partial charge in [-0.15, -0.1) is 0 Å². The Morgan fingerprint density at radius 2 is 1.45 bits per heavy atom. The van der Waals surface area contributed by atoms with Gasteiger partial charge in [-0.05, 0) is 12.8 Å². The van der Waals surface area contributed by atoms with Crippen molar-refractivity contribution in [2.24, 2.45) is 11.5 Å². The number of aliphatic hydroxyl groups excluding tert-OH is 1. The van der Waals surface area contributed by atoms with Crippen molar-refractivity contribution < 1.29 is 19.4 Å². The molecule has 0 aliphatic heterocycles. The first kappa shape index (κ1) is 31.1. The zero-order valence-corrected chi connectivity index (χ0v) is 20.7. The summed E-state index contributed by atoms with van der Waals surface area (Å²) in [5, 5.41) is 21.5. The topological polar surface area (TPSA) is 164 Å². The number of unbranched alkanes of at least 4 members (excludes halogenated alkanes) is 12. The van der Waals surface area contributed by atoms with E-state index >= 15 is 0 Å². The van der Waals surface area contributed by atoms with E-state index in [1.165, 1.54) is 64.2 Å². The van der Waals surface area contributed by atoms with E-state index in [9.17, 15) is 9.59 Å². The molecule has 8 N–H and O–H groups in total. The second-order valence-electron chi connectivity index (χ2n) is 8.81. The molecule has 0 aromatic heterocycles. The largest absolute Gasteiger partial charge is 0.462 e. The average Bonchev–Trinajstić information content (AvgIpc) is 2.79. The number of aliphatic hydroxyl groups is 1. The van der Waals surface area contributed by atoms with Crippen molar-refractivity contribution in [3.8, 4) is 0 Å². The molecule has 0 fully saturated rings. The first-order valence-electron chi connectivity index (χ1n) is 12.8. The third-order valence-corrected chi connectivity index (χ3v) is 5.55. The highest BCUT2D eigenvalue weighted by Gasteiger charge is 2.22. The summed E-state index contributed by atoms with van der Waals surface area (Å²) >= 11 is 0. The number of nitrogens with two attached hydrogens (primary N) is 2. The van der Waals surface area contributed by atoms with E-state index in [0.29, 0.717) is 6.42 Å². The SMILES string of the molecule is CCCCCCCCCCCCCCCC(=O)NC(CCNC(=N)N)C(=O)OC[C@H](N)CO. The van der Waals surface area contributed by atoms with Crippen molar-refractivity contribution in [2.45, 2.75) is 115 Å². The molecular weight excluding hydrogens is 422 g/mol. The van der Waals surface area contributed by atoms with Gasteiger partial charge in [-0.2, -0.15) is 0 Å². The van der Waals surface area contributed by atoms with Crippen LogP contribution in [0.1, 0.15) is 103 Å². The monoisotopic (exact) mass is 471 g/mol. The lowest BCUT2D eigenvalue weighted by atomic mass is 10.0. The molecule has 0 bridgehead atoms. The van der Waals surface area contributed by atoms with Gasteiger partial charge in [-0.25, -0.2) is 4.79 Å². The Kier molecular flexibility index (Phi) is 20.7. The minimum atomic E-state index is -0.850. The summed E-state index contributed by atoms with van der Waals surface area (Å²) in [6, 6.07) is -1.51. The third-order valence-electron chi connectivity index (χ3n) is 5.55. The van der Waals surface area contributed by atoms with E-state index in [-0.39, 0.29) is 38.0 Å². The summed E-state index contributed by atoms with van der Waals surface area (Å²) in [5.74, 6) is -1.01. The van der Waals surface area contributed by atoms with E-state index in [2.05, 4.69) is 17.6 Å². The van der Waals surface area contributed by atoms with Crippen LogP contribution in [-0.4, -0.2) is 54.8 Å². The minimum Gasteiger partial charge on any atom is -0.462 e. The van der Waals surface area contributed by atoms with Crippen molar-refractivity contribution in [3.05, 3.63) is 0 Å². The fourth-order valence-electron chi connectivity index (χ4n) is 3.51. The Balaban J connectivity index is 3.96. The summed E-state index contributed by atoms with van der Waals surface area (Å²) in [7, 11) is 0. The molecule has 0 saturated carbocycles. The summed E-state index contributed by atoms with van der Waals surface area (Å²) in [4.78, 5) is 24.6. The molecule has 194 valence electrons. The standard InChI is InChI=1S/C24H49N5O4/c1-2-3-4-5-6-7-8-9-10-11-12-13-14-15-22(31)29-21(16-17-28-24(26)27)23(32)33-19-20(25)18-30/h20-21,30H,2-19,25H2,1H3,(H,29,31)(H4,26,27,28)/t20-,21?/m1/s1. The highest BCUT2D eigenvalue weighted by molar-refractivity contribution is 5.84. The molecule has 9 nitrogen and oxygen atoms in total. The van der Waals surface area contributed by atoms with Gasteiger partial charge in [0.1, 0.15) is 12.6 Å². The highest BCUT2D eigenvalue weighted by atomic mass is 16.5. The third kappa shape index (κ3) is 20.5. The van der Waals surface area contributed by atoms with Gasteiger partial charge in [0.15, 0.2) is 5.96 Å². The smallest absolute Gasteiger partial charge is 0.328 e. The maximum atomic E-state index is 12.3. The summed E-state index contributed by atoms with van der Waals surface area (Å²) in [6.07, 6.45) is 16.7. The molecule has 0 saturated heterocycles. The first-order chi connectivity index (χ1) is 15.9. The number of rotatable bonds is 22. The van der Waals surface area contributed by atoms with Gasteiger partial charge in [0, 0.05) is 13.0 Å². The molecule has 33 heavy (non-hydrogen) atoms. The van der Waals surface area contributed by atoms with E-state index < -0.39 is 18.1 Å².